The molecule has 0 N–H and O–H groups in total. The van der Waals surface area contributed by atoms with Crippen LogP contribution in [0, 0.1) is 20.8 Å². The summed E-state index contributed by atoms with van der Waals surface area (Å²) in [5.74, 6) is 0.908. The Morgan fingerprint density at radius 3 is 2.27 bits per heavy atom. The summed E-state index contributed by atoms with van der Waals surface area (Å²) in [7, 11) is -3.33. The van der Waals surface area contributed by atoms with Gasteiger partial charge in [-0.15, -0.1) is 5.10 Å². The minimum absolute atomic E-state index is 0.0475. The lowest BCUT2D eigenvalue weighted by Gasteiger charge is -2.18. The molecule has 37 heavy (non-hydrogen) atoms. The molecular formula is C29H29N5O2S. The van der Waals surface area contributed by atoms with E-state index >= 15 is 0 Å². The van der Waals surface area contributed by atoms with Crippen molar-refractivity contribution in [2.75, 3.05) is 6.26 Å². The number of rotatable bonds is 6. The highest BCUT2D eigenvalue weighted by Gasteiger charge is 2.20. The Morgan fingerprint density at radius 2 is 1.59 bits per heavy atom. The maximum Gasteiger partial charge on any atom is 0.175 e. The quantitative estimate of drug-likeness (QED) is 0.296. The molecule has 3 aromatic carbocycles. The number of imidazole rings is 1. The van der Waals surface area contributed by atoms with Crippen LogP contribution in [0.25, 0.3) is 22.5 Å². The molecule has 0 saturated carbocycles. The van der Waals surface area contributed by atoms with Gasteiger partial charge in [0.2, 0.25) is 0 Å². The van der Waals surface area contributed by atoms with E-state index in [4.69, 9.17) is 0 Å². The van der Waals surface area contributed by atoms with Crippen LogP contribution in [0.3, 0.4) is 0 Å². The maximum absolute atomic E-state index is 12.2. The van der Waals surface area contributed by atoms with Gasteiger partial charge >= 0.3 is 0 Å². The molecule has 0 aliphatic heterocycles. The molecule has 7 nitrogen and oxygen atoms in total. The van der Waals surface area contributed by atoms with Crippen molar-refractivity contribution in [3.05, 3.63) is 107 Å². The summed E-state index contributed by atoms with van der Waals surface area (Å²) in [5, 5.41) is 8.78. The highest BCUT2D eigenvalue weighted by molar-refractivity contribution is 7.90. The molecule has 0 amide bonds. The van der Waals surface area contributed by atoms with E-state index in [1.165, 1.54) is 17.4 Å². The Labute approximate surface area is 217 Å². The van der Waals surface area contributed by atoms with Crippen molar-refractivity contribution in [3.63, 3.8) is 0 Å². The number of sulfone groups is 1. The van der Waals surface area contributed by atoms with E-state index in [2.05, 4.69) is 53.4 Å². The molecule has 0 aliphatic carbocycles. The number of hydrogen-bond donors (Lipinski definition) is 0. The van der Waals surface area contributed by atoms with Crippen LogP contribution in [0.5, 0.6) is 0 Å². The van der Waals surface area contributed by atoms with Gasteiger partial charge in [0, 0.05) is 18.4 Å². The largest absolute Gasteiger partial charge is 0.302 e. The van der Waals surface area contributed by atoms with Crippen LogP contribution in [0.15, 0.2) is 84.0 Å². The summed E-state index contributed by atoms with van der Waals surface area (Å²) in [5.41, 5.74) is 7.66. The third-order valence-corrected chi connectivity index (χ3v) is 7.77. The summed E-state index contributed by atoms with van der Waals surface area (Å²) >= 11 is 0. The minimum atomic E-state index is -3.33. The molecule has 5 aromatic rings. The molecular weight excluding hydrogens is 482 g/mol. The third-order valence-electron chi connectivity index (χ3n) is 6.66. The average molecular weight is 512 g/mol. The van der Waals surface area contributed by atoms with Crippen LogP contribution >= 0.6 is 0 Å². The molecule has 1 unspecified atom stereocenters. The van der Waals surface area contributed by atoms with Crippen LogP contribution in [0.2, 0.25) is 0 Å². The minimum Gasteiger partial charge on any atom is -0.302 e. The second-order valence-corrected chi connectivity index (χ2v) is 11.5. The van der Waals surface area contributed by atoms with Gasteiger partial charge in [0.15, 0.2) is 9.84 Å². The average Bonchev–Trinajstić information content (AvgIpc) is 3.49. The van der Waals surface area contributed by atoms with Crippen molar-refractivity contribution in [2.24, 2.45) is 0 Å². The fourth-order valence-electron chi connectivity index (χ4n) is 4.60. The zero-order chi connectivity index (χ0) is 26.3. The van der Waals surface area contributed by atoms with E-state index in [0.717, 1.165) is 39.7 Å². The summed E-state index contributed by atoms with van der Waals surface area (Å²) in [6.45, 7) is 8.16. The van der Waals surface area contributed by atoms with Gasteiger partial charge < -0.3 is 4.57 Å². The van der Waals surface area contributed by atoms with Crippen LogP contribution in [-0.2, 0) is 9.84 Å². The molecule has 0 saturated heterocycles. The molecule has 2 aromatic heterocycles. The van der Waals surface area contributed by atoms with Gasteiger partial charge in [0.05, 0.1) is 33.9 Å². The smallest absolute Gasteiger partial charge is 0.175 e. The Hall–Kier alpha value is -4.04. The van der Waals surface area contributed by atoms with E-state index in [1.54, 1.807) is 24.4 Å². The van der Waals surface area contributed by atoms with Gasteiger partial charge in [-0.1, -0.05) is 60.2 Å². The predicted molar refractivity (Wildman–Crippen MR) is 145 cm³/mol. The summed E-state index contributed by atoms with van der Waals surface area (Å²) in [6, 6.07) is 21.5. The van der Waals surface area contributed by atoms with Gasteiger partial charge in [-0.2, -0.15) is 0 Å². The molecule has 0 fully saturated rings. The van der Waals surface area contributed by atoms with Crippen LogP contribution < -0.4 is 0 Å². The maximum atomic E-state index is 12.2. The molecule has 0 radical (unpaired) electrons. The molecule has 0 spiro atoms. The lowest BCUT2D eigenvalue weighted by atomic mass is 9.97. The molecule has 0 aliphatic rings. The first kappa shape index (κ1) is 24.6. The molecule has 8 heteroatoms. The van der Waals surface area contributed by atoms with Gasteiger partial charge in [-0.05, 0) is 61.7 Å². The normalized spacial score (nSPS) is 12.6. The Morgan fingerprint density at radius 1 is 0.865 bits per heavy atom. The SMILES string of the molecule is Cc1ccc(C(C)c2cnnn2-c2cc(-c3cccc(S(C)(=O)=O)c3)ccc2-n2cc(C)nc2C)cc1. The van der Waals surface area contributed by atoms with E-state index in [9.17, 15) is 8.42 Å². The third kappa shape index (κ3) is 4.84. The van der Waals surface area contributed by atoms with E-state index in [-0.39, 0.29) is 10.8 Å². The molecule has 2 heterocycles. The number of aryl methyl sites for hydroxylation is 3. The van der Waals surface area contributed by atoms with E-state index in [0.29, 0.717) is 0 Å². The lowest BCUT2D eigenvalue weighted by Crippen LogP contribution is -2.11. The highest BCUT2D eigenvalue weighted by Crippen LogP contribution is 2.32. The second kappa shape index (κ2) is 9.44. The second-order valence-electron chi connectivity index (χ2n) is 9.51. The Balaban J connectivity index is 1.70. The van der Waals surface area contributed by atoms with Crippen molar-refractivity contribution in [2.45, 2.75) is 38.5 Å². The van der Waals surface area contributed by atoms with Gasteiger partial charge in [-0.25, -0.2) is 18.1 Å². The topological polar surface area (TPSA) is 82.7 Å². The molecule has 5 rings (SSSR count). The van der Waals surface area contributed by atoms with Crippen molar-refractivity contribution in [3.8, 4) is 22.5 Å². The predicted octanol–water partition coefficient (Wildman–Crippen LogP) is 5.60. The van der Waals surface area contributed by atoms with Gasteiger partial charge in [0.25, 0.3) is 0 Å². The first-order chi connectivity index (χ1) is 17.6. The van der Waals surface area contributed by atoms with Crippen LogP contribution in [0.4, 0.5) is 0 Å². The van der Waals surface area contributed by atoms with Crippen molar-refractivity contribution < 1.29 is 8.42 Å². The molecule has 1 atom stereocenters. The fraction of sp³-hybridized carbons (Fsp3) is 0.207. The van der Waals surface area contributed by atoms with Crippen molar-refractivity contribution >= 4 is 9.84 Å². The number of aromatic nitrogens is 5. The van der Waals surface area contributed by atoms with Gasteiger partial charge in [0.1, 0.15) is 5.82 Å². The molecule has 0 bridgehead atoms. The molecule has 188 valence electrons. The highest BCUT2D eigenvalue weighted by atomic mass is 32.2. The summed E-state index contributed by atoms with van der Waals surface area (Å²) < 4.78 is 28.3. The van der Waals surface area contributed by atoms with Crippen LogP contribution in [-0.4, -0.2) is 39.2 Å². The summed E-state index contributed by atoms with van der Waals surface area (Å²) in [6.07, 6.45) is 5.02. The fourth-order valence-corrected chi connectivity index (χ4v) is 5.26. The van der Waals surface area contributed by atoms with Crippen LogP contribution in [0.1, 0.15) is 41.2 Å². The Bertz CT molecular complexity index is 1700. The zero-order valence-corrected chi connectivity index (χ0v) is 22.4. The van der Waals surface area contributed by atoms with E-state index in [1.807, 2.05) is 53.6 Å². The first-order valence-electron chi connectivity index (χ1n) is 12.1. The van der Waals surface area contributed by atoms with Crippen molar-refractivity contribution in [1.82, 2.24) is 24.5 Å². The van der Waals surface area contributed by atoms with Gasteiger partial charge in [-0.3, -0.25) is 0 Å². The number of hydrogen-bond acceptors (Lipinski definition) is 5. The first-order valence-corrected chi connectivity index (χ1v) is 14.0. The number of nitrogens with zero attached hydrogens (tertiary/aromatic N) is 5. The summed E-state index contributed by atoms with van der Waals surface area (Å²) in [4.78, 5) is 4.88. The lowest BCUT2D eigenvalue weighted by molar-refractivity contribution is 0.602. The Kier molecular flexibility index (Phi) is 6.29. The monoisotopic (exact) mass is 511 g/mol. The standard InChI is InChI=1S/C29H29N5O2S/c1-19-9-11-23(12-10-19)21(3)29-17-30-32-34(29)28-16-25(24-7-6-8-26(15-24)37(5,35)36)13-14-27(28)33-18-20(2)31-22(33)4/h6-18,21H,1-5H3. The number of benzene rings is 3. The zero-order valence-electron chi connectivity index (χ0n) is 21.5. The van der Waals surface area contributed by atoms with Crippen molar-refractivity contribution in [1.29, 1.82) is 0 Å². The van der Waals surface area contributed by atoms with E-state index < -0.39 is 9.84 Å².